The number of nitrogens with zero attached hydrogens (tertiary/aromatic N) is 3. The van der Waals surface area contributed by atoms with Crippen LogP contribution in [0, 0.1) is 0 Å². The lowest BCUT2D eigenvalue weighted by atomic mass is 10.3. The van der Waals surface area contributed by atoms with Gasteiger partial charge in [-0.2, -0.15) is 0 Å². The molecule has 5 heteroatoms. The third-order valence-corrected chi connectivity index (χ3v) is 3.20. The minimum atomic E-state index is 0.219. The molecule has 4 nitrogen and oxygen atoms in total. The van der Waals surface area contributed by atoms with Gasteiger partial charge in [-0.3, -0.25) is 0 Å². The maximum Gasteiger partial charge on any atom is 0.192 e. The van der Waals surface area contributed by atoms with Crippen molar-refractivity contribution in [3.05, 3.63) is 24.4 Å². The van der Waals surface area contributed by atoms with Crippen molar-refractivity contribution in [3.8, 4) is 15.6 Å². The van der Waals surface area contributed by atoms with Gasteiger partial charge in [-0.15, -0.1) is 0 Å². The predicted molar refractivity (Wildman–Crippen MR) is 56.8 cm³/mol. The summed E-state index contributed by atoms with van der Waals surface area (Å²) in [4.78, 5) is 12.7. The Bertz CT molecular complexity index is 476. The second-order valence-corrected chi connectivity index (χ2v) is 4.62. The number of thiazole rings is 1. The number of aromatic hydroxyl groups is 1. The van der Waals surface area contributed by atoms with Crippen molar-refractivity contribution in [2.45, 2.75) is 18.8 Å². The second kappa shape index (κ2) is 3.27. The summed E-state index contributed by atoms with van der Waals surface area (Å²) < 4.78 is 0. The van der Waals surface area contributed by atoms with Crippen LogP contribution in [0.3, 0.4) is 0 Å². The Kier molecular flexibility index (Phi) is 1.92. The summed E-state index contributed by atoms with van der Waals surface area (Å²) in [5, 5.41) is 10.2. The highest BCUT2D eigenvalue weighted by molar-refractivity contribution is 7.16. The molecule has 1 N–H and O–H groups in total. The molecule has 0 atom stereocenters. The number of aromatic nitrogens is 3. The van der Waals surface area contributed by atoms with Gasteiger partial charge in [0.15, 0.2) is 5.06 Å². The van der Waals surface area contributed by atoms with Crippen molar-refractivity contribution >= 4 is 11.3 Å². The average molecular weight is 219 g/mol. The summed E-state index contributed by atoms with van der Waals surface area (Å²) in [5.41, 5.74) is 0.865. The molecule has 0 amide bonds. The van der Waals surface area contributed by atoms with E-state index in [0.717, 1.165) is 16.4 Å². The Hall–Kier alpha value is -1.49. The molecule has 0 aromatic carbocycles. The number of hydrogen-bond acceptors (Lipinski definition) is 5. The molecule has 0 spiro atoms. The quantitative estimate of drug-likeness (QED) is 0.841. The first-order valence-electron chi connectivity index (χ1n) is 4.80. The van der Waals surface area contributed by atoms with Gasteiger partial charge < -0.3 is 5.11 Å². The van der Waals surface area contributed by atoms with Gasteiger partial charge in [-0.05, 0) is 12.8 Å². The van der Waals surface area contributed by atoms with E-state index < -0.39 is 0 Å². The van der Waals surface area contributed by atoms with Crippen molar-refractivity contribution in [1.29, 1.82) is 0 Å². The zero-order valence-corrected chi connectivity index (χ0v) is 8.74. The SMILES string of the molecule is Oc1cnc(-c2cnc(C3CC3)nc2)s1. The van der Waals surface area contributed by atoms with Gasteiger partial charge in [0.05, 0.1) is 6.20 Å². The van der Waals surface area contributed by atoms with E-state index in [1.54, 1.807) is 12.4 Å². The fourth-order valence-electron chi connectivity index (χ4n) is 1.40. The molecule has 1 saturated carbocycles. The third kappa shape index (κ3) is 1.70. The van der Waals surface area contributed by atoms with E-state index in [0.29, 0.717) is 5.92 Å². The highest BCUT2D eigenvalue weighted by Gasteiger charge is 2.26. The summed E-state index contributed by atoms with van der Waals surface area (Å²) >= 11 is 1.24. The monoisotopic (exact) mass is 219 g/mol. The lowest BCUT2D eigenvalue weighted by Crippen LogP contribution is -1.91. The van der Waals surface area contributed by atoms with E-state index in [2.05, 4.69) is 15.0 Å². The van der Waals surface area contributed by atoms with Crippen LogP contribution in [-0.2, 0) is 0 Å². The van der Waals surface area contributed by atoms with Crippen molar-refractivity contribution in [1.82, 2.24) is 15.0 Å². The molecule has 0 unspecified atom stereocenters. The van der Waals surface area contributed by atoms with Crippen molar-refractivity contribution in [2.75, 3.05) is 0 Å². The molecule has 2 heterocycles. The highest BCUT2D eigenvalue weighted by atomic mass is 32.1. The maximum absolute atomic E-state index is 9.18. The summed E-state index contributed by atoms with van der Waals surface area (Å²) in [6.45, 7) is 0. The average Bonchev–Trinajstić information content (AvgIpc) is 3.02. The van der Waals surface area contributed by atoms with Crippen LogP contribution in [0.1, 0.15) is 24.6 Å². The molecule has 76 valence electrons. The molecule has 0 saturated heterocycles. The van der Waals surface area contributed by atoms with E-state index in [1.165, 1.54) is 30.4 Å². The minimum absolute atomic E-state index is 0.219. The number of hydrogen-bond donors (Lipinski definition) is 1. The smallest absolute Gasteiger partial charge is 0.192 e. The molecule has 15 heavy (non-hydrogen) atoms. The van der Waals surface area contributed by atoms with Gasteiger partial charge in [0.2, 0.25) is 0 Å². The fraction of sp³-hybridized carbons (Fsp3) is 0.300. The summed E-state index contributed by atoms with van der Waals surface area (Å²) in [5.74, 6) is 1.50. The lowest BCUT2D eigenvalue weighted by Gasteiger charge is -1.97. The molecule has 1 aliphatic carbocycles. The van der Waals surface area contributed by atoms with Crippen LogP contribution in [-0.4, -0.2) is 20.1 Å². The minimum Gasteiger partial charge on any atom is -0.498 e. The van der Waals surface area contributed by atoms with Crippen LogP contribution in [0.25, 0.3) is 10.6 Å². The molecular weight excluding hydrogens is 210 g/mol. The van der Waals surface area contributed by atoms with Gasteiger partial charge in [0, 0.05) is 23.9 Å². The van der Waals surface area contributed by atoms with Crippen LogP contribution in [0.5, 0.6) is 5.06 Å². The first kappa shape index (κ1) is 8.79. The standard InChI is InChI=1S/C10H9N3OS/c14-8-5-13-10(15-8)7-3-11-9(12-4-7)6-1-2-6/h3-6,14H,1-2H2. The molecule has 0 aliphatic heterocycles. The molecule has 3 rings (SSSR count). The lowest BCUT2D eigenvalue weighted by molar-refractivity contribution is 0.489. The molecular formula is C10H9N3OS. The first-order chi connectivity index (χ1) is 7.33. The van der Waals surface area contributed by atoms with Gasteiger partial charge >= 0.3 is 0 Å². The maximum atomic E-state index is 9.18. The van der Waals surface area contributed by atoms with Gasteiger partial charge in [-0.1, -0.05) is 11.3 Å². The predicted octanol–water partition coefficient (Wildman–Crippen LogP) is 2.18. The van der Waals surface area contributed by atoms with Crippen molar-refractivity contribution in [2.24, 2.45) is 0 Å². The Morgan fingerprint density at radius 1 is 1.13 bits per heavy atom. The van der Waals surface area contributed by atoms with Crippen LogP contribution in [0.2, 0.25) is 0 Å². The topological polar surface area (TPSA) is 58.9 Å². The Morgan fingerprint density at radius 2 is 1.87 bits per heavy atom. The van der Waals surface area contributed by atoms with E-state index in [1.807, 2.05) is 0 Å². The molecule has 1 aliphatic rings. The highest BCUT2D eigenvalue weighted by Crippen LogP contribution is 2.38. The van der Waals surface area contributed by atoms with Crippen LogP contribution >= 0.6 is 11.3 Å². The second-order valence-electron chi connectivity index (χ2n) is 3.61. The van der Waals surface area contributed by atoms with Crippen molar-refractivity contribution in [3.63, 3.8) is 0 Å². The van der Waals surface area contributed by atoms with Crippen molar-refractivity contribution < 1.29 is 5.11 Å². The number of rotatable bonds is 2. The van der Waals surface area contributed by atoms with Crippen LogP contribution < -0.4 is 0 Å². The molecule has 0 bridgehead atoms. The Balaban J connectivity index is 1.92. The zero-order chi connectivity index (χ0) is 10.3. The van der Waals surface area contributed by atoms with E-state index in [9.17, 15) is 5.11 Å². The van der Waals surface area contributed by atoms with Gasteiger partial charge in [0.1, 0.15) is 10.8 Å². The molecule has 0 radical (unpaired) electrons. The van der Waals surface area contributed by atoms with E-state index >= 15 is 0 Å². The fourth-order valence-corrected chi connectivity index (χ4v) is 2.03. The summed E-state index contributed by atoms with van der Waals surface area (Å²) in [6.07, 6.45) is 7.40. The molecule has 2 aromatic rings. The largest absolute Gasteiger partial charge is 0.498 e. The van der Waals surface area contributed by atoms with Gasteiger partial charge in [-0.25, -0.2) is 15.0 Å². The Labute approximate surface area is 90.7 Å². The van der Waals surface area contributed by atoms with Crippen LogP contribution in [0.15, 0.2) is 18.6 Å². The van der Waals surface area contributed by atoms with Gasteiger partial charge in [0.25, 0.3) is 0 Å². The molecule has 1 fully saturated rings. The normalized spacial score (nSPS) is 15.5. The van der Waals surface area contributed by atoms with E-state index in [4.69, 9.17) is 0 Å². The molecule has 2 aromatic heterocycles. The summed E-state index contributed by atoms with van der Waals surface area (Å²) in [7, 11) is 0. The third-order valence-electron chi connectivity index (χ3n) is 2.35. The zero-order valence-electron chi connectivity index (χ0n) is 7.92. The Morgan fingerprint density at radius 3 is 2.40 bits per heavy atom. The van der Waals surface area contributed by atoms with Crippen LogP contribution in [0.4, 0.5) is 0 Å². The first-order valence-corrected chi connectivity index (χ1v) is 5.61. The van der Waals surface area contributed by atoms with E-state index in [-0.39, 0.29) is 5.06 Å². The summed E-state index contributed by atoms with van der Waals surface area (Å²) in [6, 6.07) is 0.